The normalized spacial score (nSPS) is 11.3. The zero-order chi connectivity index (χ0) is 26.5. The van der Waals surface area contributed by atoms with Gasteiger partial charge in [-0.1, -0.05) is 158 Å². The third-order valence-corrected chi connectivity index (χ3v) is 6.14. The average molecular weight is 503 g/mol. The van der Waals surface area contributed by atoms with Crippen LogP contribution in [0.2, 0.25) is 0 Å². The summed E-state index contributed by atoms with van der Waals surface area (Å²) in [6.07, 6.45) is 12.4. The summed E-state index contributed by atoms with van der Waals surface area (Å²) in [6, 6.07) is 49.7. The van der Waals surface area contributed by atoms with Crippen LogP contribution in [0, 0.1) is 0 Å². The van der Waals surface area contributed by atoms with Crippen LogP contribution in [0.5, 0.6) is 0 Å². The van der Waals surface area contributed by atoms with E-state index >= 15 is 0 Å². The molecule has 0 N–H and O–H groups in total. The minimum Gasteiger partial charge on any atom is -0.233 e. The van der Waals surface area contributed by atoms with Gasteiger partial charge in [-0.3, -0.25) is 0 Å². The van der Waals surface area contributed by atoms with Gasteiger partial charge in [0.1, 0.15) is 0 Å². The number of hydrogen-bond acceptors (Lipinski definition) is 2. The van der Waals surface area contributed by atoms with Crippen molar-refractivity contribution in [2.75, 3.05) is 5.01 Å². The molecule has 188 valence electrons. The molecule has 5 aromatic rings. The van der Waals surface area contributed by atoms with Gasteiger partial charge in [-0.25, -0.2) is 5.01 Å². The molecule has 0 radical (unpaired) electrons. The molecule has 0 aromatic heterocycles. The zero-order valence-electron chi connectivity index (χ0n) is 21.7. The van der Waals surface area contributed by atoms with Crippen LogP contribution in [0.3, 0.4) is 0 Å². The Labute approximate surface area is 231 Å². The maximum absolute atomic E-state index is 5.22. The van der Waals surface area contributed by atoms with Crippen molar-refractivity contribution >= 4 is 29.2 Å². The second kappa shape index (κ2) is 13.4. The summed E-state index contributed by atoms with van der Waals surface area (Å²) in [5, 5.41) is 7.23. The van der Waals surface area contributed by atoms with Gasteiger partial charge in [-0.15, -0.1) is 0 Å². The number of rotatable bonds is 9. The highest BCUT2D eigenvalue weighted by molar-refractivity contribution is 6.13. The standard InChI is InChI=1S/C37H30N2/c1(7-17-31-18-9-3-10-19-31)2-8-20-32-27-29-36(30-28-32)39(35-25-15-6-16-26-35)38-37(33-21-11-4-12-22-33)34-23-13-5-14-24-34/h1-30H/b2-1+,17-7+,20-8+. The number of allylic oxidation sites excluding steroid dienone is 4. The molecule has 0 spiro atoms. The molecule has 0 aliphatic heterocycles. The van der Waals surface area contributed by atoms with Crippen molar-refractivity contribution in [1.82, 2.24) is 0 Å². The molecule has 0 saturated carbocycles. The van der Waals surface area contributed by atoms with Crippen LogP contribution in [-0.4, -0.2) is 5.71 Å². The predicted molar refractivity (Wildman–Crippen MR) is 167 cm³/mol. The van der Waals surface area contributed by atoms with Gasteiger partial charge in [0.2, 0.25) is 0 Å². The fraction of sp³-hybridized carbons (Fsp3) is 0. The largest absolute Gasteiger partial charge is 0.233 e. The van der Waals surface area contributed by atoms with Crippen molar-refractivity contribution in [3.05, 3.63) is 192 Å². The highest BCUT2D eigenvalue weighted by atomic mass is 15.5. The molecule has 0 bridgehead atoms. The van der Waals surface area contributed by atoms with Gasteiger partial charge < -0.3 is 0 Å². The average Bonchev–Trinajstić information content (AvgIpc) is 3.02. The summed E-state index contributed by atoms with van der Waals surface area (Å²) in [5.41, 5.74) is 7.35. The van der Waals surface area contributed by atoms with E-state index in [1.54, 1.807) is 0 Å². The first kappa shape index (κ1) is 25.4. The fourth-order valence-electron chi connectivity index (χ4n) is 4.16. The molecule has 0 atom stereocenters. The molecule has 5 rings (SSSR count). The number of nitrogens with zero attached hydrogens (tertiary/aromatic N) is 2. The zero-order valence-corrected chi connectivity index (χ0v) is 21.7. The summed E-state index contributed by atoms with van der Waals surface area (Å²) < 4.78 is 0. The lowest BCUT2D eigenvalue weighted by atomic mass is 10.0. The molecule has 39 heavy (non-hydrogen) atoms. The minimum atomic E-state index is 0.915. The maximum atomic E-state index is 5.22. The molecular formula is C37H30N2. The third kappa shape index (κ3) is 7.18. The Hall–Kier alpha value is -5.21. The first-order valence-corrected chi connectivity index (χ1v) is 13.1. The fourth-order valence-corrected chi connectivity index (χ4v) is 4.16. The Morgan fingerprint density at radius 1 is 0.410 bits per heavy atom. The topological polar surface area (TPSA) is 15.6 Å². The number of para-hydroxylation sites is 1. The molecule has 0 unspecified atom stereocenters. The van der Waals surface area contributed by atoms with Gasteiger partial charge in [-0.2, -0.15) is 5.10 Å². The van der Waals surface area contributed by atoms with Gasteiger partial charge in [-0.05, 0) is 35.4 Å². The van der Waals surface area contributed by atoms with E-state index in [1.807, 2.05) is 90.0 Å². The second-order valence-electron chi connectivity index (χ2n) is 8.93. The van der Waals surface area contributed by atoms with Crippen molar-refractivity contribution in [3.8, 4) is 0 Å². The van der Waals surface area contributed by atoms with Crippen molar-refractivity contribution in [2.24, 2.45) is 5.10 Å². The van der Waals surface area contributed by atoms with Crippen LogP contribution < -0.4 is 5.01 Å². The summed E-state index contributed by atoms with van der Waals surface area (Å²) in [5.74, 6) is 0. The van der Waals surface area contributed by atoms with E-state index in [4.69, 9.17) is 5.10 Å². The highest BCUT2D eigenvalue weighted by Gasteiger charge is 2.13. The molecule has 0 aliphatic carbocycles. The minimum absolute atomic E-state index is 0.915. The van der Waals surface area contributed by atoms with Crippen molar-refractivity contribution in [3.63, 3.8) is 0 Å². The maximum Gasteiger partial charge on any atom is 0.0984 e. The molecule has 0 fully saturated rings. The number of anilines is 2. The molecule has 2 nitrogen and oxygen atoms in total. The quantitative estimate of drug-likeness (QED) is 0.111. The molecule has 0 heterocycles. The molecule has 5 aromatic carbocycles. The van der Waals surface area contributed by atoms with Gasteiger partial charge in [0, 0.05) is 11.1 Å². The van der Waals surface area contributed by atoms with Gasteiger partial charge in [0.25, 0.3) is 0 Å². The Bertz CT molecular complexity index is 1510. The Morgan fingerprint density at radius 2 is 0.821 bits per heavy atom. The van der Waals surface area contributed by atoms with Gasteiger partial charge >= 0.3 is 0 Å². The monoisotopic (exact) mass is 502 g/mol. The van der Waals surface area contributed by atoms with E-state index in [2.05, 4.69) is 97.1 Å². The molecule has 2 heteroatoms. The number of hydrazone groups is 1. The first-order valence-electron chi connectivity index (χ1n) is 13.1. The summed E-state index contributed by atoms with van der Waals surface area (Å²) in [7, 11) is 0. The van der Waals surface area contributed by atoms with E-state index < -0.39 is 0 Å². The third-order valence-electron chi connectivity index (χ3n) is 6.14. The van der Waals surface area contributed by atoms with E-state index in [-0.39, 0.29) is 0 Å². The smallest absolute Gasteiger partial charge is 0.0984 e. The lowest BCUT2D eigenvalue weighted by Gasteiger charge is -2.22. The van der Waals surface area contributed by atoms with Gasteiger partial charge in [0.05, 0.1) is 17.1 Å². The Balaban J connectivity index is 1.41. The Kier molecular flexibility index (Phi) is 8.72. The molecule has 0 saturated heterocycles. The molecular weight excluding hydrogens is 472 g/mol. The number of benzene rings is 5. The summed E-state index contributed by atoms with van der Waals surface area (Å²) in [4.78, 5) is 0. The van der Waals surface area contributed by atoms with Crippen molar-refractivity contribution in [2.45, 2.75) is 0 Å². The highest BCUT2D eigenvalue weighted by Crippen LogP contribution is 2.28. The van der Waals surface area contributed by atoms with Crippen molar-refractivity contribution in [1.29, 1.82) is 0 Å². The predicted octanol–water partition coefficient (Wildman–Crippen LogP) is 9.56. The lowest BCUT2D eigenvalue weighted by molar-refractivity contribution is 1.08. The van der Waals surface area contributed by atoms with E-state index in [0.29, 0.717) is 0 Å². The van der Waals surface area contributed by atoms with Crippen LogP contribution >= 0.6 is 0 Å². The van der Waals surface area contributed by atoms with Crippen molar-refractivity contribution < 1.29 is 0 Å². The molecule has 0 amide bonds. The summed E-state index contributed by atoms with van der Waals surface area (Å²) >= 11 is 0. The van der Waals surface area contributed by atoms with Crippen LogP contribution in [0.15, 0.2) is 175 Å². The van der Waals surface area contributed by atoms with Crippen LogP contribution in [0.1, 0.15) is 22.3 Å². The van der Waals surface area contributed by atoms with Crippen LogP contribution in [-0.2, 0) is 0 Å². The van der Waals surface area contributed by atoms with E-state index in [0.717, 1.165) is 33.8 Å². The SMILES string of the molecule is C(=C\C=C\c1ccc(N(N=C(c2ccccc2)c2ccccc2)c2ccccc2)cc1)/C=C/c1ccccc1. The lowest BCUT2D eigenvalue weighted by Crippen LogP contribution is -2.15. The van der Waals surface area contributed by atoms with Crippen LogP contribution in [0.25, 0.3) is 12.2 Å². The van der Waals surface area contributed by atoms with Gasteiger partial charge in [0.15, 0.2) is 0 Å². The first-order chi connectivity index (χ1) is 19.4. The number of hydrogen-bond donors (Lipinski definition) is 0. The second-order valence-corrected chi connectivity index (χ2v) is 8.93. The molecule has 0 aliphatic rings. The van der Waals surface area contributed by atoms with E-state index in [1.165, 1.54) is 5.56 Å². The summed E-state index contributed by atoms with van der Waals surface area (Å²) in [6.45, 7) is 0. The van der Waals surface area contributed by atoms with E-state index in [9.17, 15) is 0 Å². The van der Waals surface area contributed by atoms with Crippen LogP contribution in [0.4, 0.5) is 11.4 Å². The Morgan fingerprint density at radius 3 is 1.33 bits per heavy atom.